The highest BCUT2D eigenvalue weighted by molar-refractivity contribution is 7.99. The number of rotatable bonds is 6. The number of thioether (sulfide) groups is 1. The predicted molar refractivity (Wildman–Crippen MR) is 77.7 cm³/mol. The van der Waals surface area contributed by atoms with Crippen molar-refractivity contribution in [3.63, 3.8) is 0 Å². The number of hydrogen-bond acceptors (Lipinski definition) is 5. The molecule has 0 unspecified atom stereocenters. The Labute approximate surface area is 126 Å². The molecule has 1 heterocycles. The van der Waals surface area contributed by atoms with E-state index in [-0.39, 0.29) is 23.5 Å². The second kappa shape index (κ2) is 7.16. The Balaban J connectivity index is 2.03. The van der Waals surface area contributed by atoms with Crippen molar-refractivity contribution in [2.24, 2.45) is 0 Å². The summed E-state index contributed by atoms with van der Waals surface area (Å²) in [5.41, 5.74) is 0.518. The third kappa shape index (κ3) is 4.25. The van der Waals surface area contributed by atoms with Crippen molar-refractivity contribution in [1.29, 1.82) is 0 Å². The summed E-state index contributed by atoms with van der Waals surface area (Å²) >= 11 is 1.21. The van der Waals surface area contributed by atoms with Gasteiger partial charge in [-0.25, -0.2) is 4.39 Å². The molecule has 1 atom stereocenters. The lowest BCUT2D eigenvalue weighted by Crippen LogP contribution is -2.33. The molecule has 0 radical (unpaired) electrons. The van der Waals surface area contributed by atoms with Gasteiger partial charge < -0.3 is 5.32 Å². The first-order chi connectivity index (χ1) is 10.1. The average Bonchev–Trinajstić information content (AvgIpc) is 2.93. The molecule has 0 aliphatic carbocycles. The van der Waals surface area contributed by atoms with E-state index in [2.05, 4.69) is 20.8 Å². The molecule has 1 aromatic carbocycles. The van der Waals surface area contributed by atoms with Gasteiger partial charge in [0.2, 0.25) is 11.1 Å². The number of nitrogens with one attached hydrogen (secondary N) is 1. The van der Waals surface area contributed by atoms with Crippen LogP contribution in [0.5, 0.6) is 0 Å². The molecule has 6 nitrogen and oxygen atoms in total. The Bertz CT molecular complexity index is 618. The molecular formula is C13H16FN5OS. The van der Waals surface area contributed by atoms with Crippen molar-refractivity contribution < 1.29 is 9.18 Å². The fourth-order valence-electron chi connectivity index (χ4n) is 1.59. The number of amides is 1. The van der Waals surface area contributed by atoms with Crippen molar-refractivity contribution in [2.45, 2.75) is 31.5 Å². The van der Waals surface area contributed by atoms with Crippen molar-refractivity contribution in [1.82, 2.24) is 25.5 Å². The largest absolute Gasteiger partial charge is 0.353 e. The first kappa shape index (κ1) is 15.4. The summed E-state index contributed by atoms with van der Waals surface area (Å²) < 4.78 is 14.6. The van der Waals surface area contributed by atoms with Gasteiger partial charge in [-0.15, -0.1) is 5.10 Å². The van der Waals surface area contributed by atoms with Crippen LogP contribution in [0.4, 0.5) is 4.39 Å². The first-order valence-electron chi connectivity index (χ1n) is 6.56. The van der Waals surface area contributed by atoms with E-state index in [1.807, 2.05) is 13.8 Å². The quantitative estimate of drug-likeness (QED) is 0.824. The number of carbonyl (C=O) groups is 1. The number of benzene rings is 1. The fourth-order valence-corrected chi connectivity index (χ4v) is 2.29. The summed E-state index contributed by atoms with van der Waals surface area (Å²) in [6.45, 7) is 3.95. The van der Waals surface area contributed by atoms with Crippen LogP contribution in [0.2, 0.25) is 0 Å². The van der Waals surface area contributed by atoms with E-state index in [0.29, 0.717) is 10.8 Å². The molecule has 2 rings (SSSR count). The zero-order chi connectivity index (χ0) is 15.2. The van der Waals surface area contributed by atoms with Gasteiger partial charge >= 0.3 is 0 Å². The van der Waals surface area contributed by atoms with E-state index in [1.165, 1.54) is 28.6 Å². The van der Waals surface area contributed by atoms with E-state index >= 15 is 0 Å². The van der Waals surface area contributed by atoms with E-state index in [1.54, 1.807) is 12.1 Å². The van der Waals surface area contributed by atoms with E-state index in [4.69, 9.17) is 0 Å². The molecule has 8 heteroatoms. The topological polar surface area (TPSA) is 72.7 Å². The summed E-state index contributed by atoms with van der Waals surface area (Å²) in [6.07, 6.45) is 0.872. The second-order valence-electron chi connectivity index (χ2n) is 4.52. The zero-order valence-electron chi connectivity index (χ0n) is 11.8. The third-order valence-corrected chi connectivity index (χ3v) is 3.77. The lowest BCUT2D eigenvalue weighted by Gasteiger charge is -2.10. The standard InChI is InChI=1S/C13H16FN5OS/c1-3-9(2)15-12(20)8-21-13-16-17-18-19(13)11-6-4-5-10(14)7-11/h4-7,9H,3,8H2,1-2H3,(H,15,20)/t9-/m1/s1. The van der Waals surface area contributed by atoms with Crippen LogP contribution >= 0.6 is 11.8 Å². The van der Waals surface area contributed by atoms with Crippen LogP contribution < -0.4 is 5.32 Å². The van der Waals surface area contributed by atoms with Crippen molar-refractivity contribution in [3.8, 4) is 5.69 Å². The summed E-state index contributed by atoms with van der Waals surface area (Å²) in [5.74, 6) is -0.239. The molecule has 1 N–H and O–H groups in total. The molecular weight excluding hydrogens is 293 g/mol. The zero-order valence-corrected chi connectivity index (χ0v) is 12.6. The minimum atomic E-state index is -0.367. The van der Waals surface area contributed by atoms with Gasteiger partial charge in [-0.3, -0.25) is 4.79 Å². The summed E-state index contributed by atoms with van der Waals surface area (Å²) in [7, 11) is 0. The molecule has 0 aliphatic heterocycles. The molecule has 1 amide bonds. The number of hydrogen-bond donors (Lipinski definition) is 1. The maximum atomic E-state index is 13.2. The minimum Gasteiger partial charge on any atom is -0.353 e. The second-order valence-corrected chi connectivity index (χ2v) is 5.46. The number of halogens is 1. The Kier molecular flexibility index (Phi) is 5.26. The van der Waals surface area contributed by atoms with Gasteiger partial charge in [0.1, 0.15) is 5.82 Å². The van der Waals surface area contributed by atoms with Crippen molar-refractivity contribution >= 4 is 17.7 Å². The summed E-state index contributed by atoms with van der Waals surface area (Å²) in [4.78, 5) is 11.7. The van der Waals surface area contributed by atoms with Crippen molar-refractivity contribution in [3.05, 3.63) is 30.1 Å². The molecule has 1 aromatic heterocycles. The van der Waals surface area contributed by atoms with Gasteiger partial charge in [-0.05, 0) is 42.0 Å². The van der Waals surface area contributed by atoms with Crippen LogP contribution in [0, 0.1) is 5.82 Å². The highest BCUT2D eigenvalue weighted by Crippen LogP contribution is 2.18. The molecule has 2 aromatic rings. The Morgan fingerprint density at radius 2 is 2.33 bits per heavy atom. The van der Waals surface area contributed by atoms with Gasteiger partial charge in [0, 0.05) is 6.04 Å². The number of nitrogens with zero attached hydrogens (tertiary/aromatic N) is 4. The molecule has 0 bridgehead atoms. The third-order valence-electron chi connectivity index (χ3n) is 2.85. The molecule has 21 heavy (non-hydrogen) atoms. The molecule has 0 spiro atoms. The van der Waals surface area contributed by atoms with E-state index in [0.717, 1.165) is 6.42 Å². The van der Waals surface area contributed by atoms with Crippen LogP contribution in [0.15, 0.2) is 29.4 Å². The highest BCUT2D eigenvalue weighted by atomic mass is 32.2. The van der Waals surface area contributed by atoms with Crippen molar-refractivity contribution in [2.75, 3.05) is 5.75 Å². The lowest BCUT2D eigenvalue weighted by atomic mass is 10.3. The maximum Gasteiger partial charge on any atom is 0.230 e. The van der Waals surface area contributed by atoms with Gasteiger partial charge in [0.25, 0.3) is 0 Å². The van der Waals surface area contributed by atoms with Gasteiger partial charge in [0.05, 0.1) is 11.4 Å². The van der Waals surface area contributed by atoms with E-state index < -0.39 is 0 Å². The first-order valence-corrected chi connectivity index (χ1v) is 7.55. The Morgan fingerprint density at radius 3 is 3.05 bits per heavy atom. The minimum absolute atomic E-state index is 0.0804. The molecule has 0 saturated carbocycles. The number of tetrazole rings is 1. The number of carbonyl (C=O) groups excluding carboxylic acids is 1. The van der Waals surface area contributed by atoms with Crippen LogP contribution in [-0.4, -0.2) is 37.9 Å². The Hall–Kier alpha value is -1.96. The molecule has 0 fully saturated rings. The highest BCUT2D eigenvalue weighted by Gasteiger charge is 2.12. The predicted octanol–water partition coefficient (Wildman–Crippen LogP) is 1.81. The Morgan fingerprint density at radius 1 is 1.52 bits per heavy atom. The average molecular weight is 309 g/mol. The number of aromatic nitrogens is 4. The smallest absolute Gasteiger partial charge is 0.230 e. The SMILES string of the molecule is CC[C@@H](C)NC(=O)CSc1nnnn1-c1cccc(F)c1. The van der Waals surface area contributed by atoms with Gasteiger partial charge in [0.15, 0.2) is 0 Å². The lowest BCUT2D eigenvalue weighted by molar-refractivity contribution is -0.119. The van der Waals surface area contributed by atoms with Gasteiger partial charge in [-0.2, -0.15) is 4.68 Å². The normalized spacial score (nSPS) is 12.1. The molecule has 0 aliphatic rings. The molecule has 0 saturated heterocycles. The van der Waals surface area contributed by atoms with Crippen LogP contribution in [-0.2, 0) is 4.79 Å². The van der Waals surface area contributed by atoms with E-state index in [9.17, 15) is 9.18 Å². The van der Waals surface area contributed by atoms with Crippen LogP contribution in [0.25, 0.3) is 5.69 Å². The molecule has 112 valence electrons. The monoisotopic (exact) mass is 309 g/mol. The fraction of sp³-hybridized carbons (Fsp3) is 0.385. The maximum absolute atomic E-state index is 13.2. The summed E-state index contributed by atoms with van der Waals surface area (Å²) in [5, 5.41) is 14.6. The summed E-state index contributed by atoms with van der Waals surface area (Å²) in [6, 6.07) is 6.09. The van der Waals surface area contributed by atoms with Crippen LogP contribution in [0.3, 0.4) is 0 Å². The van der Waals surface area contributed by atoms with Gasteiger partial charge in [-0.1, -0.05) is 24.8 Å². The van der Waals surface area contributed by atoms with Crippen LogP contribution in [0.1, 0.15) is 20.3 Å².